The highest BCUT2D eigenvalue weighted by atomic mass is 16.1. The molecule has 0 saturated heterocycles. The largest absolute Gasteiger partial charge is 0.306 e. The monoisotopic (exact) mass is 297 g/mol. The van der Waals surface area contributed by atoms with E-state index in [1.165, 1.54) is 16.7 Å². The second kappa shape index (κ2) is 6.34. The molecule has 114 valence electrons. The average Bonchev–Trinajstić information content (AvgIpc) is 2.87. The molecular weight excluding hydrogens is 278 g/mol. The third kappa shape index (κ3) is 2.67. The topological polar surface area (TPSA) is 94.1 Å². The van der Waals surface area contributed by atoms with Crippen molar-refractivity contribution in [3.8, 4) is 0 Å². The van der Waals surface area contributed by atoms with E-state index in [0.29, 0.717) is 5.92 Å². The van der Waals surface area contributed by atoms with Crippen molar-refractivity contribution >= 4 is 19.0 Å². The number of aromatic nitrogens is 1. The fourth-order valence-electron chi connectivity index (χ4n) is 2.66. The summed E-state index contributed by atoms with van der Waals surface area (Å²) in [4.78, 5) is 16.1. The Morgan fingerprint density at radius 3 is 2.91 bits per heavy atom. The lowest BCUT2D eigenvalue weighted by atomic mass is 10.0. The predicted molar refractivity (Wildman–Crippen MR) is 86.5 cm³/mol. The van der Waals surface area contributed by atoms with Crippen LogP contribution in [-0.4, -0.2) is 23.5 Å². The van der Waals surface area contributed by atoms with Crippen molar-refractivity contribution in [2.24, 2.45) is 4.99 Å². The average molecular weight is 297 g/mol. The van der Waals surface area contributed by atoms with Crippen LogP contribution >= 0.6 is 0 Å². The van der Waals surface area contributed by atoms with Crippen molar-refractivity contribution in [2.45, 2.75) is 25.7 Å². The molecule has 1 atom stereocenters. The number of rotatable bonds is 5. The highest BCUT2D eigenvalue weighted by Crippen LogP contribution is 2.31. The van der Waals surface area contributed by atoms with Crippen LogP contribution in [0.2, 0.25) is 0 Å². The Morgan fingerprint density at radius 2 is 2.32 bits per heavy atom. The van der Waals surface area contributed by atoms with Crippen LogP contribution in [0.25, 0.3) is 0 Å². The van der Waals surface area contributed by atoms with Crippen molar-refractivity contribution in [2.75, 3.05) is 0 Å². The van der Waals surface area contributed by atoms with E-state index >= 15 is 0 Å². The Hall–Kier alpha value is -2.76. The van der Waals surface area contributed by atoms with Crippen LogP contribution < -0.4 is 10.8 Å². The highest BCUT2D eigenvalue weighted by Gasteiger charge is 2.24. The van der Waals surface area contributed by atoms with E-state index < -0.39 is 5.91 Å². The fraction of sp³-hybridized carbons (Fsp3) is 0.250. The van der Waals surface area contributed by atoms with Crippen molar-refractivity contribution in [3.63, 3.8) is 0 Å². The zero-order valence-corrected chi connectivity index (χ0v) is 12.5. The molecule has 0 unspecified atom stereocenters. The molecule has 1 aliphatic rings. The van der Waals surface area contributed by atoms with E-state index in [9.17, 15) is 4.79 Å². The summed E-state index contributed by atoms with van der Waals surface area (Å²) in [5, 5.41) is 18.3. The van der Waals surface area contributed by atoms with Gasteiger partial charge in [0.05, 0.1) is 11.9 Å². The standard InChI is InChI=1S/C16H19N5O/c1-4-5-14(19-3)20-16(22)12-8-11-10(2)6-7-13(11)21(9-17)15(12)18/h4-5,8-10,17-18H,1,3,6-7H2,2H3,(H,20,22)/b14-5+,17-9?,18-15?/t10-/m0/s1. The Balaban J connectivity index is 2.50. The molecule has 1 aromatic rings. The maximum Gasteiger partial charge on any atom is 0.260 e. The zero-order chi connectivity index (χ0) is 16.3. The molecule has 1 aliphatic carbocycles. The third-order valence-electron chi connectivity index (χ3n) is 3.83. The van der Waals surface area contributed by atoms with E-state index in [1.54, 1.807) is 6.07 Å². The van der Waals surface area contributed by atoms with Gasteiger partial charge >= 0.3 is 0 Å². The van der Waals surface area contributed by atoms with E-state index in [1.807, 2.05) is 0 Å². The van der Waals surface area contributed by atoms with Gasteiger partial charge in [-0.05, 0) is 43.2 Å². The summed E-state index contributed by atoms with van der Waals surface area (Å²) in [5.74, 6) is 0.145. The van der Waals surface area contributed by atoms with Crippen LogP contribution in [0.3, 0.4) is 0 Å². The summed E-state index contributed by atoms with van der Waals surface area (Å²) in [6.07, 6.45) is 5.88. The first-order valence-electron chi connectivity index (χ1n) is 6.97. The number of pyridine rings is 1. The first kappa shape index (κ1) is 15.6. The quantitative estimate of drug-likeness (QED) is 0.432. The Bertz CT molecular complexity index is 742. The maximum atomic E-state index is 12.4. The number of nitrogens with one attached hydrogen (secondary N) is 3. The van der Waals surface area contributed by atoms with Crippen LogP contribution in [0.1, 0.15) is 40.9 Å². The molecule has 0 bridgehead atoms. The van der Waals surface area contributed by atoms with Gasteiger partial charge < -0.3 is 5.32 Å². The molecule has 0 spiro atoms. The molecule has 1 aromatic heterocycles. The number of hydrogen-bond acceptors (Lipinski definition) is 4. The maximum absolute atomic E-state index is 12.4. The first-order chi connectivity index (χ1) is 10.5. The van der Waals surface area contributed by atoms with E-state index in [0.717, 1.165) is 30.4 Å². The molecule has 0 fully saturated rings. The number of nitrogens with zero attached hydrogens (tertiary/aromatic N) is 2. The van der Waals surface area contributed by atoms with Gasteiger partial charge in [0.2, 0.25) is 0 Å². The molecule has 22 heavy (non-hydrogen) atoms. The Kier molecular flexibility index (Phi) is 4.50. The van der Waals surface area contributed by atoms with E-state index in [2.05, 4.69) is 30.5 Å². The van der Waals surface area contributed by atoms with Crippen LogP contribution in [0.5, 0.6) is 0 Å². The van der Waals surface area contributed by atoms with E-state index in [4.69, 9.17) is 10.8 Å². The lowest BCUT2D eigenvalue weighted by molar-refractivity contribution is 0.0963. The van der Waals surface area contributed by atoms with Crippen molar-refractivity contribution in [1.29, 1.82) is 10.8 Å². The number of aliphatic imine (C=N–C) groups is 1. The number of fused-ring (bicyclic) bond motifs is 1. The second-order valence-electron chi connectivity index (χ2n) is 5.15. The van der Waals surface area contributed by atoms with Crippen LogP contribution in [0.15, 0.2) is 35.6 Å². The molecule has 0 aromatic carbocycles. The van der Waals surface area contributed by atoms with Crippen molar-refractivity contribution in [3.05, 3.63) is 52.9 Å². The minimum Gasteiger partial charge on any atom is -0.306 e. The van der Waals surface area contributed by atoms with Gasteiger partial charge in [-0.15, -0.1) is 0 Å². The summed E-state index contributed by atoms with van der Waals surface area (Å²) in [6.45, 7) is 9.01. The molecule has 0 radical (unpaired) electrons. The SMILES string of the molecule is C=C/C=C(\N=C)NC(=O)c1cc2c(n(C=N)c1=N)CC[C@@H]2C. The zero-order valence-electron chi connectivity index (χ0n) is 12.5. The van der Waals surface area contributed by atoms with Gasteiger partial charge in [0, 0.05) is 5.69 Å². The number of carbonyl (C=O) groups is 1. The minimum absolute atomic E-state index is 0.00219. The van der Waals surface area contributed by atoms with Crippen LogP contribution in [0.4, 0.5) is 0 Å². The van der Waals surface area contributed by atoms with Gasteiger partial charge in [0.25, 0.3) is 5.91 Å². The lowest BCUT2D eigenvalue weighted by Crippen LogP contribution is -2.34. The molecule has 6 heteroatoms. The normalized spacial score (nSPS) is 16.8. The van der Waals surface area contributed by atoms with Gasteiger partial charge in [-0.1, -0.05) is 19.6 Å². The summed E-state index contributed by atoms with van der Waals surface area (Å²) in [7, 11) is 0. The Morgan fingerprint density at radius 1 is 1.59 bits per heavy atom. The van der Waals surface area contributed by atoms with Crippen molar-refractivity contribution < 1.29 is 4.79 Å². The second-order valence-corrected chi connectivity index (χ2v) is 5.15. The van der Waals surface area contributed by atoms with Crippen LogP contribution in [0, 0.1) is 10.8 Å². The van der Waals surface area contributed by atoms with Gasteiger partial charge in [-0.25, -0.2) is 4.99 Å². The first-order valence-corrected chi connectivity index (χ1v) is 6.97. The summed E-state index contributed by atoms with van der Waals surface area (Å²) in [6, 6.07) is 1.75. The number of amides is 1. The predicted octanol–water partition coefficient (Wildman–Crippen LogP) is 1.93. The van der Waals surface area contributed by atoms with Gasteiger partial charge in [0.15, 0.2) is 0 Å². The molecule has 3 N–H and O–H groups in total. The van der Waals surface area contributed by atoms with Gasteiger partial charge in [0.1, 0.15) is 11.3 Å². The smallest absolute Gasteiger partial charge is 0.260 e. The summed E-state index contributed by atoms with van der Waals surface area (Å²) < 4.78 is 1.46. The molecular formula is C16H19N5O. The number of allylic oxidation sites excluding steroid dienone is 2. The number of hydrogen-bond donors (Lipinski definition) is 3. The fourth-order valence-corrected chi connectivity index (χ4v) is 2.66. The molecule has 6 nitrogen and oxygen atoms in total. The van der Waals surface area contributed by atoms with Crippen molar-refractivity contribution in [1.82, 2.24) is 9.88 Å². The van der Waals surface area contributed by atoms with E-state index in [-0.39, 0.29) is 16.9 Å². The van der Waals surface area contributed by atoms with Gasteiger partial charge in [-0.2, -0.15) is 0 Å². The van der Waals surface area contributed by atoms with Gasteiger partial charge in [-0.3, -0.25) is 20.2 Å². The molecule has 1 heterocycles. The minimum atomic E-state index is -0.442. The molecule has 0 saturated carbocycles. The lowest BCUT2D eigenvalue weighted by Gasteiger charge is -2.13. The summed E-state index contributed by atoms with van der Waals surface area (Å²) in [5.41, 5.74) is 2.18. The summed E-state index contributed by atoms with van der Waals surface area (Å²) >= 11 is 0. The number of carbonyl (C=O) groups excluding carboxylic acids is 1. The molecule has 1 amide bonds. The Labute approximate surface area is 128 Å². The highest BCUT2D eigenvalue weighted by molar-refractivity contribution is 5.95. The third-order valence-corrected chi connectivity index (χ3v) is 3.83. The van der Waals surface area contributed by atoms with Crippen LogP contribution in [-0.2, 0) is 6.42 Å². The molecule has 2 rings (SSSR count). The molecule has 0 aliphatic heterocycles.